The van der Waals surface area contributed by atoms with E-state index in [1.54, 1.807) is 13.8 Å². The Bertz CT molecular complexity index is 700. The van der Waals surface area contributed by atoms with Gasteiger partial charge in [0, 0.05) is 58.8 Å². The molecule has 0 spiro atoms. The topological polar surface area (TPSA) is 160 Å². The highest BCUT2D eigenvalue weighted by Crippen LogP contribution is 2.17. The molecule has 0 saturated carbocycles. The van der Waals surface area contributed by atoms with E-state index in [0.717, 1.165) is 6.42 Å². The highest BCUT2D eigenvalue weighted by Gasteiger charge is 2.14. The number of carbonyl (C=O) groups excluding carboxylic acids is 5. The van der Waals surface area contributed by atoms with Gasteiger partial charge >= 0.3 is 11.9 Å². The van der Waals surface area contributed by atoms with E-state index in [9.17, 15) is 29.1 Å². The van der Waals surface area contributed by atoms with E-state index in [1.165, 1.54) is 6.92 Å². The first-order valence-corrected chi connectivity index (χ1v) is 13.8. The first-order chi connectivity index (χ1) is 18.1. The zero-order chi connectivity index (χ0) is 28.6. The van der Waals surface area contributed by atoms with Crippen LogP contribution < -0.4 is 16.0 Å². The van der Waals surface area contributed by atoms with Gasteiger partial charge in [0.05, 0.1) is 19.3 Å². The number of esters is 2. The summed E-state index contributed by atoms with van der Waals surface area (Å²) in [6, 6.07) is 0. The molecule has 0 radical (unpaired) electrons. The third-order valence-corrected chi connectivity index (χ3v) is 5.76. The maximum absolute atomic E-state index is 11.9. The molecular formula is C27H49N3O8. The SMILES string of the molecule is CC(=O)CCCCC(=O)NCCNCCNC(=O)CCCCC(=O)OCCC(CCOC(C)=O)CC(C)O. The summed E-state index contributed by atoms with van der Waals surface area (Å²) >= 11 is 0. The quantitative estimate of drug-likeness (QED) is 0.105. The van der Waals surface area contributed by atoms with Crippen LogP contribution >= 0.6 is 0 Å². The Morgan fingerprint density at radius 3 is 1.71 bits per heavy atom. The minimum absolute atomic E-state index is 0.0238. The maximum Gasteiger partial charge on any atom is 0.305 e. The normalized spacial score (nSPS) is 12.3. The summed E-state index contributed by atoms with van der Waals surface area (Å²) in [5.41, 5.74) is 0. The lowest BCUT2D eigenvalue weighted by atomic mass is 9.95. The molecule has 0 fully saturated rings. The molecule has 220 valence electrons. The molecule has 0 rings (SSSR count). The van der Waals surface area contributed by atoms with Gasteiger partial charge in [-0.15, -0.1) is 0 Å². The number of nitrogens with one attached hydrogen (secondary N) is 3. The first kappa shape index (κ1) is 35.5. The fraction of sp³-hybridized carbons (Fsp3) is 0.815. The van der Waals surface area contributed by atoms with Crippen molar-refractivity contribution in [2.45, 2.75) is 97.5 Å². The number of Topliss-reactive ketones (excluding diaryl/α,β-unsaturated/α-hetero) is 1. The van der Waals surface area contributed by atoms with Crippen LogP contribution in [-0.4, -0.2) is 80.1 Å². The monoisotopic (exact) mass is 543 g/mol. The molecule has 0 aromatic carbocycles. The number of hydrogen-bond acceptors (Lipinski definition) is 9. The Morgan fingerprint density at radius 1 is 0.711 bits per heavy atom. The Kier molecular flexibility index (Phi) is 22.0. The molecule has 0 bridgehead atoms. The predicted octanol–water partition coefficient (Wildman–Crippen LogP) is 1.79. The van der Waals surface area contributed by atoms with Crippen molar-refractivity contribution in [2.24, 2.45) is 5.92 Å². The maximum atomic E-state index is 11.9. The molecular weight excluding hydrogens is 494 g/mol. The third kappa shape index (κ3) is 25.1. The van der Waals surface area contributed by atoms with Crippen LogP contribution in [0.5, 0.6) is 0 Å². The average molecular weight is 544 g/mol. The molecule has 11 heteroatoms. The van der Waals surface area contributed by atoms with Crippen molar-refractivity contribution in [1.29, 1.82) is 0 Å². The van der Waals surface area contributed by atoms with Crippen LogP contribution in [0.3, 0.4) is 0 Å². The molecule has 0 aliphatic carbocycles. The molecule has 11 nitrogen and oxygen atoms in total. The number of aliphatic hydroxyl groups excluding tert-OH is 1. The van der Waals surface area contributed by atoms with Crippen molar-refractivity contribution < 1.29 is 38.6 Å². The van der Waals surface area contributed by atoms with Gasteiger partial charge in [0.15, 0.2) is 0 Å². The van der Waals surface area contributed by atoms with Crippen molar-refractivity contribution in [1.82, 2.24) is 16.0 Å². The number of ether oxygens (including phenoxy) is 2. The number of carbonyl (C=O) groups is 5. The summed E-state index contributed by atoms with van der Waals surface area (Å²) in [5, 5.41) is 18.4. The van der Waals surface area contributed by atoms with E-state index in [1.807, 2.05) is 0 Å². The Hall–Kier alpha value is -2.53. The first-order valence-electron chi connectivity index (χ1n) is 13.8. The summed E-state index contributed by atoms with van der Waals surface area (Å²) in [5.74, 6) is -0.520. The van der Waals surface area contributed by atoms with Crippen molar-refractivity contribution >= 4 is 29.5 Å². The fourth-order valence-electron chi connectivity index (χ4n) is 3.74. The number of ketones is 1. The van der Waals surface area contributed by atoms with E-state index in [0.29, 0.717) is 84.0 Å². The Morgan fingerprint density at radius 2 is 1.21 bits per heavy atom. The van der Waals surface area contributed by atoms with E-state index in [-0.39, 0.29) is 55.1 Å². The number of rotatable bonds is 24. The van der Waals surface area contributed by atoms with Gasteiger partial charge < -0.3 is 35.3 Å². The van der Waals surface area contributed by atoms with E-state index in [2.05, 4.69) is 16.0 Å². The standard InChI is InChI=1S/C27H49N3O8/c1-21(31)8-4-5-9-25(34)29-16-14-28-15-17-30-26(35)10-6-7-11-27(36)38-19-13-24(20-22(2)32)12-18-37-23(3)33/h22,24,28,32H,4-20H2,1-3H3,(H,29,34)(H,30,35). The number of hydrogen-bond donors (Lipinski definition) is 4. The van der Waals surface area contributed by atoms with Crippen molar-refractivity contribution in [3.8, 4) is 0 Å². The van der Waals surface area contributed by atoms with Crippen LogP contribution in [0.2, 0.25) is 0 Å². The van der Waals surface area contributed by atoms with Crippen LogP contribution in [0.15, 0.2) is 0 Å². The number of aliphatic hydroxyl groups is 1. The summed E-state index contributed by atoms with van der Waals surface area (Å²) in [7, 11) is 0. The molecule has 2 amide bonds. The Balaban J connectivity index is 3.69. The van der Waals surface area contributed by atoms with E-state index < -0.39 is 6.10 Å². The van der Waals surface area contributed by atoms with Gasteiger partial charge in [-0.05, 0) is 64.7 Å². The average Bonchev–Trinajstić information content (AvgIpc) is 2.83. The second kappa shape index (κ2) is 23.6. The molecule has 0 saturated heterocycles. The number of amides is 2. The van der Waals surface area contributed by atoms with Gasteiger partial charge in [-0.25, -0.2) is 0 Å². The molecule has 38 heavy (non-hydrogen) atoms. The minimum atomic E-state index is -0.483. The molecule has 2 unspecified atom stereocenters. The minimum Gasteiger partial charge on any atom is -0.466 e. The second-order valence-electron chi connectivity index (χ2n) is 9.65. The van der Waals surface area contributed by atoms with Gasteiger partial charge in [-0.2, -0.15) is 0 Å². The van der Waals surface area contributed by atoms with Gasteiger partial charge in [0.25, 0.3) is 0 Å². The zero-order valence-corrected chi connectivity index (χ0v) is 23.5. The second-order valence-corrected chi connectivity index (χ2v) is 9.65. The molecule has 0 aliphatic rings. The van der Waals surface area contributed by atoms with Crippen LogP contribution in [0, 0.1) is 5.92 Å². The lowest BCUT2D eigenvalue weighted by molar-refractivity contribution is -0.144. The van der Waals surface area contributed by atoms with Crippen molar-refractivity contribution in [3.63, 3.8) is 0 Å². The molecule has 4 N–H and O–H groups in total. The zero-order valence-electron chi connectivity index (χ0n) is 23.5. The summed E-state index contributed by atoms with van der Waals surface area (Å²) in [4.78, 5) is 57.3. The van der Waals surface area contributed by atoms with Crippen LogP contribution in [0.4, 0.5) is 0 Å². The highest BCUT2D eigenvalue weighted by atomic mass is 16.5. The van der Waals surface area contributed by atoms with Gasteiger partial charge in [-0.3, -0.25) is 19.2 Å². The third-order valence-electron chi connectivity index (χ3n) is 5.76. The largest absolute Gasteiger partial charge is 0.466 e. The summed E-state index contributed by atoms with van der Waals surface area (Å²) < 4.78 is 10.2. The lowest BCUT2D eigenvalue weighted by Gasteiger charge is -2.18. The molecule has 2 atom stereocenters. The van der Waals surface area contributed by atoms with Gasteiger partial charge in [0.1, 0.15) is 5.78 Å². The van der Waals surface area contributed by atoms with Crippen molar-refractivity contribution in [2.75, 3.05) is 39.4 Å². The molecule has 0 aromatic heterocycles. The summed E-state index contributed by atoms with van der Waals surface area (Å²) in [6.45, 7) is 7.29. The lowest BCUT2D eigenvalue weighted by Crippen LogP contribution is -2.36. The molecule has 0 aromatic rings. The van der Waals surface area contributed by atoms with E-state index >= 15 is 0 Å². The van der Waals surface area contributed by atoms with Crippen LogP contribution in [-0.2, 0) is 33.4 Å². The van der Waals surface area contributed by atoms with E-state index in [4.69, 9.17) is 9.47 Å². The van der Waals surface area contributed by atoms with Crippen LogP contribution in [0.25, 0.3) is 0 Å². The van der Waals surface area contributed by atoms with Gasteiger partial charge in [-0.1, -0.05) is 0 Å². The molecule has 0 heterocycles. The van der Waals surface area contributed by atoms with Crippen molar-refractivity contribution in [3.05, 3.63) is 0 Å². The van der Waals surface area contributed by atoms with Crippen LogP contribution in [0.1, 0.15) is 91.4 Å². The molecule has 0 aliphatic heterocycles. The fourth-order valence-corrected chi connectivity index (χ4v) is 3.74. The Labute approximate surface area is 227 Å². The predicted molar refractivity (Wildman–Crippen MR) is 143 cm³/mol. The highest BCUT2D eigenvalue weighted by molar-refractivity contribution is 5.77. The smallest absolute Gasteiger partial charge is 0.305 e. The number of unbranched alkanes of at least 4 members (excludes halogenated alkanes) is 2. The van der Waals surface area contributed by atoms with Gasteiger partial charge in [0.2, 0.25) is 11.8 Å². The summed E-state index contributed by atoms with van der Waals surface area (Å²) in [6.07, 6.45) is 5.35.